The third kappa shape index (κ3) is 2.92. The predicted octanol–water partition coefficient (Wildman–Crippen LogP) is 2.92. The van der Waals surface area contributed by atoms with Crippen molar-refractivity contribution in [3.05, 3.63) is 29.3 Å². The van der Waals surface area contributed by atoms with Gasteiger partial charge in [0, 0.05) is 17.4 Å². The summed E-state index contributed by atoms with van der Waals surface area (Å²) in [7, 11) is 1.67. The molecule has 0 spiro atoms. The molecule has 1 unspecified atom stereocenters. The van der Waals surface area contributed by atoms with Gasteiger partial charge in [-0.1, -0.05) is 26.8 Å². The van der Waals surface area contributed by atoms with Gasteiger partial charge in [-0.2, -0.15) is 12.6 Å². The zero-order valence-electron chi connectivity index (χ0n) is 10.4. The van der Waals surface area contributed by atoms with Gasteiger partial charge in [-0.25, -0.2) is 0 Å². The van der Waals surface area contributed by atoms with Gasteiger partial charge in [0.15, 0.2) is 0 Å². The van der Waals surface area contributed by atoms with Crippen LogP contribution in [-0.2, 0) is 5.41 Å². The van der Waals surface area contributed by atoms with Crippen molar-refractivity contribution in [3.63, 3.8) is 0 Å². The third-order valence-electron chi connectivity index (χ3n) is 2.69. The van der Waals surface area contributed by atoms with E-state index < -0.39 is 0 Å². The highest BCUT2D eigenvalue weighted by Crippen LogP contribution is 2.31. The number of benzene rings is 1. The lowest BCUT2D eigenvalue weighted by atomic mass is 9.85. The number of hydrogen-bond donors (Lipinski definition) is 2. The zero-order valence-corrected chi connectivity index (χ0v) is 11.3. The molecule has 0 bridgehead atoms. The largest absolute Gasteiger partial charge is 0.496 e. The Bertz CT molecular complexity index is 357. The standard InChI is InChI=1S/C13H21NOS/c1-13(2,3)9-5-6-12(15-4)10(7-9)11(14)8-16/h5-7,11,16H,8,14H2,1-4H3. The fourth-order valence-corrected chi connectivity index (χ4v) is 1.79. The molecule has 1 aromatic carbocycles. The van der Waals surface area contributed by atoms with E-state index in [0.717, 1.165) is 11.3 Å². The quantitative estimate of drug-likeness (QED) is 0.796. The van der Waals surface area contributed by atoms with E-state index in [1.54, 1.807) is 7.11 Å². The summed E-state index contributed by atoms with van der Waals surface area (Å²) in [5, 5.41) is 0. The molecule has 0 saturated carbocycles. The van der Waals surface area contributed by atoms with Crippen LogP contribution in [0.5, 0.6) is 5.75 Å². The molecule has 0 aliphatic rings. The van der Waals surface area contributed by atoms with Gasteiger partial charge in [-0.3, -0.25) is 0 Å². The lowest BCUT2D eigenvalue weighted by molar-refractivity contribution is 0.406. The fourth-order valence-electron chi connectivity index (χ4n) is 1.59. The van der Waals surface area contributed by atoms with E-state index in [4.69, 9.17) is 10.5 Å². The van der Waals surface area contributed by atoms with Crippen molar-refractivity contribution in [1.29, 1.82) is 0 Å². The Balaban J connectivity index is 3.21. The summed E-state index contributed by atoms with van der Waals surface area (Å²) >= 11 is 4.24. The van der Waals surface area contributed by atoms with Crippen molar-refractivity contribution < 1.29 is 4.74 Å². The Labute approximate surface area is 104 Å². The molecule has 1 aromatic rings. The first-order valence-electron chi connectivity index (χ1n) is 5.45. The molecule has 0 saturated heterocycles. The maximum Gasteiger partial charge on any atom is 0.123 e. The fraction of sp³-hybridized carbons (Fsp3) is 0.538. The summed E-state index contributed by atoms with van der Waals surface area (Å²) in [5.74, 6) is 1.46. The molecule has 3 heteroatoms. The molecule has 1 rings (SSSR count). The van der Waals surface area contributed by atoms with Gasteiger partial charge in [0.25, 0.3) is 0 Å². The molecule has 0 heterocycles. The first-order valence-corrected chi connectivity index (χ1v) is 6.08. The maximum absolute atomic E-state index is 6.03. The van der Waals surface area contributed by atoms with E-state index in [9.17, 15) is 0 Å². The molecular weight excluding hydrogens is 218 g/mol. The van der Waals surface area contributed by atoms with Gasteiger partial charge in [0.1, 0.15) is 5.75 Å². The van der Waals surface area contributed by atoms with Crippen LogP contribution in [0.2, 0.25) is 0 Å². The van der Waals surface area contributed by atoms with Crippen LogP contribution in [0.15, 0.2) is 18.2 Å². The molecule has 2 nitrogen and oxygen atoms in total. The molecule has 1 atom stereocenters. The summed E-state index contributed by atoms with van der Waals surface area (Å²) < 4.78 is 5.32. The average Bonchev–Trinajstić information content (AvgIpc) is 2.25. The topological polar surface area (TPSA) is 35.2 Å². The number of thiol groups is 1. The van der Waals surface area contributed by atoms with Crippen LogP contribution in [0.25, 0.3) is 0 Å². The van der Waals surface area contributed by atoms with Crippen LogP contribution in [0.3, 0.4) is 0 Å². The first kappa shape index (κ1) is 13.4. The van der Waals surface area contributed by atoms with Gasteiger partial charge >= 0.3 is 0 Å². The molecule has 0 radical (unpaired) electrons. The molecule has 90 valence electrons. The highest BCUT2D eigenvalue weighted by molar-refractivity contribution is 7.80. The van der Waals surface area contributed by atoms with Crippen LogP contribution < -0.4 is 10.5 Å². The van der Waals surface area contributed by atoms with Crippen molar-refractivity contribution in [2.24, 2.45) is 5.73 Å². The SMILES string of the molecule is COc1ccc(C(C)(C)C)cc1C(N)CS. The van der Waals surface area contributed by atoms with Gasteiger partial charge in [0.2, 0.25) is 0 Å². The van der Waals surface area contributed by atoms with Gasteiger partial charge in [0.05, 0.1) is 7.11 Å². The van der Waals surface area contributed by atoms with Gasteiger partial charge in [-0.15, -0.1) is 0 Å². The van der Waals surface area contributed by atoms with Gasteiger partial charge < -0.3 is 10.5 Å². The van der Waals surface area contributed by atoms with Crippen LogP contribution >= 0.6 is 12.6 Å². The van der Waals surface area contributed by atoms with E-state index in [-0.39, 0.29) is 11.5 Å². The zero-order chi connectivity index (χ0) is 12.3. The van der Waals surface area contributed by atoms with Crippen molar-refractivity contribution in [2.45, 2.75) is 32.2 Å². The minimum absolute atomic E-state index is 0.0828. The van der Waals surface area contributed by atoms with Gasteiger partial charge in [-0.05, 0) is 23.1 Å². The van der Waals surface area contributed by atoms with E-state index in [1.165, 1.54) is 5.56 Å². The smallest absolute Gasteiger partial charge is 0.123 e. The normalized spacial score (nSPS) is 13.6. The molecule has 16 heavy (non-hydrogen) atoms. The molecule has 0 aromatic heterocycles. The average molecular weight is 239 g/mol. The summed E-state index contributed by atoms with van der Waals surface area (Å²) in [6.45, 7) is 6.56. The number of hydrogen-bond acceptors (Lipinski definition) is 3. The predicted molar refractivity (Wildman–Crippen MR) is 72.5 cm³/mol. The Morgan fingerprint density at radius 2 is 2.00 bits per heavy atom. The minimum Gasteiger partial charge on any atom is -0.496 e. The van der Waals surface area contributed by atoms with Crippen LogP contribution in [0.1, 0.15) is 37.9 Å². The number of rotatable bonds is 3. The van der Waals surface area contributed by atoms with E-state index in [1.807, 2.05) is 6.07 Å². The van der Waals surface area contributed by atoms with Crippen LogP contribution in [0, 0.1) is 0 Å². The lowest BCUT2D eigenvalue weighted by Crippen LogP contribution is -2.16. The minimum atomic E-state index is -0.0828. The molecule has 2 N–H and O–H groups in total. The summed E-state index contributed by atoms with van der Waals surface area (Å²) in [6.07, 6.45) is 0. The van der Waals surface area contributed by atoms with Crippen molar-refractivity contribution >= 4 is 12.6 Å². The second kappa shape index (κ2) is 5.11. The highest BCUT2D eigenvalue weighted by atomic mass is 32.1. The summed E-state index contributed by atoms with van der Waals surface area (Å²) in [6, 6.07) is 6.12. The summed E-state index contributed by atoms with van der Waals surface area (Å²) in [4.78, 5) is 0. The van der Waals surface area contributed by atoms with Crippen molar-refractivity contribution in [2.75, 3.05) is 12.9 Å². The Kier molecular flexibility index (Phi) is 4.28. The Morgan fingerprint density at radius 1 is 1.38 bits per heavy atom. The summed E-state index contributed by atoms with van der Waals surface area (Å²) in [5.41, 5.74) is 8.45. The maximum atomic E-state index is 6.03. The highest BCUT2D eigenvalue weighted by Gasteiger charge is 2.18. The monoisotopic (exact) mass is 239 g/mol. The molecule has 0 aliphatic heterocycles. The number of ether oxygens (including phenoxy) is 1. The Morgan fingerprint density at radius 3 is 2.44 bits per heavy atom. The molecule has 0 fully saturated rings. The first-order chi connectivity index (χ1) is 7.40. The van der Waals surface area contributed by atoms with E-state index in [0.29, 0.717) is 5.75 Å². The van der Waals surface area contributed by atoms with Crippen molar-refractivity contribution in [1.82, 2.24) is 0 Å². The van der Waals surface area contributed by atoms with Crippen molar-refractivity contribution in [3.8, 4) is 5.75 Å². The van der Waals surface area contributed by atoms with Crippen LogP contribution in [0.4, 0.5) is 0 Å². The number of methoxy groups -OCH3 is 1. The molecule has 0 amide bonds. The molecular formula is C13H21NOS. The second-order valence-corrected chi connectivity index (χ2v) is 5.36. The second-order valence-electron chi connectivity index (χ2n) is 5.00. The van der Waals surface area contributed by atoms with Crippen LogP contribution in [-0.4, -0.2) is 12.9 Å². The van der Waals surface area contributed by atoms with E-state index >= 15 is 0 Å². The lowest BCUT2D eigenvalue weighted by Gasteiger charge is -2.22. The third-order valence-corrected chi connectivity index (χ3v) is 3.09. The van der Waals surface area contributed by atoms with E-state index in [2.05, 4.69) is 45.5 Å². The Hall–Kier alpha value is -0.670. The number of nitrogens with two attached hydrogens (primary N) is 1. The molecule has 0 aliphatic carbocycles.